The van der Waals surface area contributed by atoms with E-state index in [1.54, 1.807) is 16.2 Å². The molecule has 30 heavy (non-hydrogen) atoms. The Morgan fingerprint density at radius 1 is 1.13 bits per heavy atom. The van der Waals surface area contributed by atoms with Gasteiger partial charge in [-0.1, -0.05) is 42.2 Å². The SMILES string of the molecule is Cc1sc(-n2c(C)cc(/C=C3/SC(=S)N(c4ccccc4)C3=O)c2C)c(C#N)c1C. The molecule has 0 saturated carbocycles. The van der Waals surface area contributed by atoms with Crippen molar-refractivity contribution in [1.82, 2.24) is 4.57 Å². The molecule has 1 aliphatic heterocycles. The molecule has 7 heteroatoms. The highest BCUT2D eigenvalue weighted by molar-refractivity contribution is 8.27. The normalized spacial score (nSPS) is 15.3. The van der Waals surface area contributed by atoms with Gasteiger partial charge in [-0.2, -0.15) is 5.26 Å². The molecule has 1 aromatic carbocycles. The maximum absolute atomic E-state index is 13.0. The molecule has 1 aliphatic rings. The Morgan fingerprint density at radius 3 is 2.50 bits per heavy atom. The van der Waals surface area contributed by atoms with Crippen LogP contribution < -0.4 is 4.90 Å². The van der Waals surface area contributed by atoms with Crippen molar-refractivity contribution in [3.8, 4) is 11.1 Å². The van der Waals surface area contributed by atoms with Crippen LogP contribution in [0.25, 0.3) is 11.1 Å². The largest absolute Gasteiger partial charge is 0.308 e. The lowest BCUT2D eigenvalue weighted by Crippen LogP contribution is -2.27. The molecule has 0 aliphatic carbocycles. The number of carbonyl (C=O) groups excluding carboxylic acids is 1. The molecule has 3 heterocycles. The molecular weight excluding hydrogens is 430 g/mol. The van der Waals surface area contributed by atoms with Crippen molar-refractivity contribution in [2.24, 2.45) is 0 Å². The second kappa shape index (κ2) is 7.88. The fourth-order valence-electron chi connectivity index (χ4n) is 3.55. The van der Waals surface area contributed by atoms with E-state index in [1.165, 1.54) is 11.8 Å². The summed E-state index contributed by atoms with van der Waals surface area (Å²) in [6, 6.07) is 13.9. The third-order valence-corrected chi connectivity index (χ3v) is 7.74. The van der Waals surface area contributed by atoms with Crippen molar-refractivity contribution >= 4 is 57.3 Å². The average molecular weight is 450 g/mol. The number of aryl methyl sites for hydroxylation is 2. The molecule has 2 aromatic heterocycles. The Bertz CT molecular complexity index is 1260. The van der Waals surface area contributed by atoms with Crippen LogP contribution in [0.1, 0.15) is 33.0 Å². The van der Waals surface area contributed by atoms with Gasteiger partial charge in [0.2, 0.25) is 0 Å². The highest BCUT2D eigenvalue weighted by Crippen LogP contribution is 2.38. The zero-order chi connectivity index (χ0) is 21.6. The molecule has 4 nitrogen and oxygen atoms in total. The van der Waals surface area contributed by atoms with Crippen molar-refractivity contribution in [2.75, 3.05) is 4.90 Å². The van der Waals surface area contributed by atoms with Crippen LogP contribution in [-0.2, 0) is 4.79 Å². The molecule has 0 radical (unpaired) electrons. The number of nitrogens with zero attached hydrogens (tertiary/aromatic N) is 3. The molecule has 0 spiro atoms. The lowest BCUT2D eigenvalue weighted by atomic mass is 10.2. The van der Waals surface area contributed by atoms with Gasteiger partial charge in [0.25, 0.3) is 5.91 Å². The van der Waals surface area contributed by atoms with Crippen molar-refractivity contribution in [3.05, 3.63) is 74.3 Å². The molecule has 0 atom stereocenters. The number of hydrogen-bond acceptors (Lipinski definition) is 5. The minimum absolute atomic E-state index is 0.110. The zero-order valence-electron chi connectivity index (χ0n) is 17.0. The number of para-hydroxylation sites is 1. The first kappa shape index (κ1) is 20.6. The van der Waals surface area contributed by atoms with Gasteiger partial charge in [0.15, 0.2) is 4.32 Å². The molecule has 1 saturated heterocycles. The van der Waals surface area contributed by atoms with Gasteiger partial charge in [0.1, 0.15) is 11.1 Å². The standard InChI is InChI=1S/C23H19N3OS3/c1-13-10-17(15(3)25(13)22-19(12-24)14(2)16(4)29-22)11-20-21(27)26(23(28)30-20)18-8-6-5-7-9-18/h5-11H,1-4H3/b20-11+. The first-order chi connectivity index (χ1) is 14.3. The van der Waals surface area contributed by atoms with Crippen molar-refractivity contribution < 1.29 is 4.79 Å². The van der Waals surface area contributed by atoms with Crippen LogP contribution in [0.4, 0.5) is 5.69 Å². The highest BCUT2D eigenvalue weighted by atomic mass is 32.2. The van der Waals surface area contributed by atoms with Gasteiger partial charge in [-0.15, -0.1) is 11.3 Å². The van der Waals surface area contributed by atoms with E-state index in [0.29, 0.717) is 14.8 Å². The number of nitriles is 1. The minimum atomic E-state index is -0.110. The summed E-state index contributed by atoms with van der Waals surface area (Å²) in [5.41, 5.74) is 5.48. The lowest BCUT2D eigenvalue weighted by Gasteiger charge is -2.13. The van der Waals surface area contributed by atoms with Gasteiger partial charge in [-0.05, 0) is 63.1 Å². The van der Waals surface area contributed by atoms with Gasteiger partial charge in [0, 0.05) is 16.3 Å². The first-order valence-corrected chi connectivity index (χ1v) is 11.4. The summed E-state index contributed by atoms with van der Waals surface area (Å²) in [7, 11) is 0. The van der Waals surface area contributed by atoms with E-state index < -0.39 is 0 Å². The Labute approximate surface area is 189 Å². The van der Waals surface area contributed by atoms with Crippen LogP contribution in [0.5, 0.6) is 0 Å². The van der Waals surface area contributed by atoms with Crippen LogP contribution in [0, 0.1) is 39.0 Å². The van der Waals surface area contributed by atoms with Crippen molar-refractivity contribution in [1.29, 1.82) is 5.26 Å². The monoisotopic (exact) mass is 449 g/mol. The van der Waals surface area contributed by atoms with Gasteiger partial charge >= 0.3 is 0 Å². The number of thioether (sulfide) groups is 1. The second-order valence-electron chi connectivity index (χ2n) is 7.09. The van der Waals surface area contributed by atoms with Gasteiger partial charge in [-0.25, -0.2) is 0 Å². The number of anilines is 1. The van der Waals surface area contributed by atoms with Crippen LogP contribution >= 0.6 is 35.3 Å². The van der Waals surface area contributed by atoms with E-state index in [4.69, 9.17) is 12.2 Å². The molecule has 0 bridgehead atoms. The fourth-order valence-corrected chi connectivity index (χ4v) is 6.06. The maximum atomic E-state index is 13.0. The second-order valence-corrected chi connectivity index (χ2v) is 9.97. The van der Waals surface area contributed by atoms with Crippen molar-refractivity contribution in [2.45, 2.75) is 27.7 Å². The maximum Gasteiger partial charge on any atom is 0.270 e. The Kier molecular flexibility index (Phi) is 5.41. The average Bonchev–Trinajstić information content (AvgIpc) is 3.27. The third-order valence-electron chi connectivity index (χ3n) is 5.25. The summed E-state index contributed by atoms with van der Waals surface area (Å²) in [5.74, 6) is -0.110. The quantitative estimate of drug-likeness (QED) is 0.361. The van der Waals surface area contributed by atoms with Gasteiger partial charge in [-0.3, -0.25) is 9.69 Å². The summed E-state index contributed by atoms with van der Waals surface area (Å²) < 4.78 is 2.63. The molecule has 4 rings (SSSR count). The number of benzene rings is 1. The number of hydrogen-bond donors (Lipinski definition) is 0. The molecule has 1 amide bonds. The fraction of sp³-hybridized carbons (Fsp3) is 0.174. The Balaban J connectivity index is 1.76. The molecule has 1 fully saturated rings. The number of thiocarbonyl (C=S) groups is 1. The summed E-state index contributed by atoms with van der Waals surface area (Å²) in [6.07, 6.45) is 1.90. The van der Waals surface area contributed by atoms with Crippen LogP contribution in [0.15, 0.2) is 41.3 Å². The van der Waals surface area contributed by atoms with Crippen molar-refractivity contribution in [3.63, 3.8) is 0 Å². The summed E-state index contributed by atoms with van der Waals surface area (Å²) in [4.78, 5) is 16.4. The van der Waals surface area contributed by atoms with Crippen LogP contribution in [0.3, 0.4) is 0 Å². The topological polar surface area (TPSA) is 49.0 Å². The van der Waals surface area contributed by atoms with E-state index in [0.717, 1.165) is 38.1 Å². The zero-order valence-corrected chi connectivity index (χ0v) is 19.5. The number of rotatable bonds is 3. The smallest absolute Gasteiger partial charge is 0.270 e. The molecule has 0 unspecified atom stereocenters. The van der Waals surface area contributed by atoms with E-state index in [9.17, 15) is 10.1 Å². The predicted octanol–water partition coefficient (Wildman–Crippen LogP) is 6.05. The molecule has 0 N–H and O–H groups in total. The number of aromatic nitrogens is 1. The third kappa shape index (κ3) is 3.31. The van der Waals surface area contributed by atoms with Gasteiger partial charge < -0.3 is 4.57 Å². The number of carbonyl (C=O) groups is 1. The predicted molar refractivity (Wildman–Crippen MR) is 129 cm³/mol. The minimum Gasteiger partial charge on any atom is -0.308 e. The number of thiophene rings is 1. The van der Waals surface area contributed by atoms with Gasteiger partial charge in [0.05, 0.1) is 16.2 Å². The number of amides is 1. The molecular formula is C23H19N3OS3. The summed E-state index contributed by atoms with van der Waals surface area (Å²) in [5, 5.41) is 10.6. The van der Waals surface area contributed by atoms with E-state index in [2.05, 4.69) is 16.7 Å². The lowest BCUT2D eigenvalue weighted by molar-refractivity contribution is -0.113. The first-order valence-electron chi connectivity index (χ1n) is 9.36. The Morgan fingerprint density at radius 2 is 1.83 bits per heavy atom. The Hall–Kier alpha value is -2.66. The summed E-state index contributed by atoms with van der Waals surface area (Å²) >= 11 is 8.41. The van der Waals surface area contributed by atoms with E-state index >= 15 is 0 Å². The van der Waals surface area contributed by atoms with Crippen LogP contribution in [-0.4, -0.2) is 14.8 Å². The summed E-state index contributed by atoms with van der Waals surface area (Å²) in [6.45, 7) is 8.06. The van der Waals surface area contributed by atoms with E-state index in [-0.39, 0.29) is 5.91 Å². The highest BCUT2D eigenvalue weighted by Gasteiger charge is 2.33. The molecule has 3 aromatic rings. The van der Waals surface area contributed by atoms with E-state index in [1.807, 2.05) is 64.1 Å². The molecule has 150 valence electrons. The van der Waals surface area contributed by atoms with Crippen LogP contribution in [0.2, 0.25) is 0 Å².